The highest BCUT2D eigenvalue weighted by Crippen LogP contribution is 2.63. The predicted molar refractivity (Wildman–Crippen MR) is 279 cm³/mol. The van der Waals surface area contributed by atoms with Gasteiger partial charge in [0, 0.05) is 29.2 Å². The first-order valence-electron chi connectivity index (χ1n) is 26.4. The number of hydrogen-bond acceptors (Lipinski definition) is 6. The van der Waals surface area contributed by atoms with Gasteiger partial charge in [-0.25, -0.2) is 4.79 Å². The fourth-order valence-corrected chi connectivity index (χ4v) is 13.6. The zero-order chi connectivity index (χ0) is 50.6. The molecule has 0 aliphatic heterocycles. The highest BCUT2D eigenvalue weighted by molar-refractivity contribution is 5.86. The van der Waals surface area contributed by atoms with Crippen molar-refractivity contribution in [2.75, 3.05) is 6.61 Å². The molecule has 0 unspecified atom stereocenters. The second-order valence-electron chi connectivity index (χ2n) is 24.2. The SMILES string of the molecule is C/C(=C\CC/C(C)=C/CC/C(C)=C/CC[C@@H]1[C@@]2(C)CCC(=O)C(C)(C)[C@@H]2CC[C@@]1(C)O)CO.C/C(=C\CC/C(C)=C/CC[C@@H]1[C@@]2(C)CCC(=O)C(C)(C)[C@@H]2CC[C@@]1(C)O)CC/C=C(\C)C(=O)O. The van der Waals surface area contributed by atoms with E-state index in [-0.39, 0.29) is 40.1 Å². The summed E-state index contributed by atoms with van der Waals surface area (Å²) in [4.78, 5) is 36.1. The van der Waals surface area contributed by atoms with Crippen LogP contribution in [0.15, 0.2) is 69.9 Å². The molecule has 4 aliphatic carbocycles. The minimum atomic E-state index is -0.845. The molecule has 0 amide bonds. The fourth-order valence-electron chi connectivity index (χ4n) is 13.6. The van der Waals surface area contributed by atoms with Gasteiger partial charge in [0.05, 0.1) is 17.8 Å². The van der Waals surface area contributed by atoms with Crippen molar-refractivity contribution in [2.24, 2.45) is 45.3 Å². The lowest BCUT2D eigenvalue weighted by Crippen LogP contribution is -2.59. The molecule has 4 rings (SSSR count). The van der Waals surface area contributed by atoms with Crippen LogP contribution < -0.4 is 0 Å². The summed E-state index contributed by atoms with van der Waals surface area (Å²) in [6, 6.07) is 0. The Balaban J connectivity index is 0.000000355. The third kappa shape index (κ3) is 15.6. The van der Waals surface area contributed by atoms with Crippen LogP contribution in [0.4, 0.5) is 0 Å². The Morgan fingerprint density at radius 2 is 0.821 bits per heavy atom. The summed E-state index contributed by atoms with van der Waals surface area (Å²) in [5.41, 5.74) is 5.12. The van der Waals surface area contributed by atoms with E-state index in [1.165, 1.54) is 22.3 Å². The fraction of sp³-hybridized carbons (Fsp3) is 0.750. The summed E-state index contributed by atoms with van der Waals surface area (Å²) in [6.07, 6.45) is 31.6. The molecule has 0 saturated heterocycles. The summed E-state index contributed by atoms with van der Waals surface area (Å²) < 4.78 is 0. The number of Topliss-reactive ketones (excluding diaryl/α,β-unsaturated/α-hetero) is 2. The molecule has 4 N–H and O–H groups in total. The number of ketones is 2. The van der Waals surface area contributed by atoms with Crippen molar-refractivity contribution in [3.63, 3.8) is 0 Å². The first kappa shape index (κ1) is 58.4. The van der Waals surface area contributed by atoms with E-state index in [0.29, 0.717) is 41.8 Å². The molecule has 7 heteroatoms. The van der Waals surface area contributed by atoms with Gasteiger partial charge in [-0.05, 0) is 205 Å². The van der Waals surface area contributed by atoms with Gasteiger partial charge in [0.2, 0.25) is 0 Å². The standard InChI is InChI=1S/C30H48O4.C30H50O3/c1-21(13-9-15-23(3)27(32)33)11-8-12-22(2)14-10-16-25-29(6)19-18-26(31)28(4,5)24(29)17-20-30(25,7)34;1-22(13-9-15-24(3)21-31)11-8-12-23(2)14-10-16-26-29(6)19-18-27(32)28(4,5)25(29)17-20-30(26,7)33/h11,14-15,24-25,34H,8-10,12-13,16-20H2,1-7H3,(H,32,33);11,14-15,25-26,31,33H,8-10,12-13,16-21H2,1-7H3/b21-11+,22-14+,23-15+;22-11+,23-14+,24-15+/t24-,25+,29-,30+;25-,26+,29-,30+/m00/s1. The summed E-state index contributed by atoms with van der Waals surface area (Å²) in [5, 5.41) is 40.7. The average molecular weight is 931 g/mol. The molecule has 0 heterocycles. The second-order valence-corrected chi connectivity index (χ2v) is 24.2. The molecule has 0 spiro atoms. The number of carboxylic acids is 1. The lowest BCUT2D eigenvalue weighted by Gasteiger charge is -2.60. The molecule has 7 nitrogen and oxygen atoms in total. The molecule has 0 aromatic carbocycles. The molecule has 67 heavy (non-hydrogen) atoms. The zero-order valence-electron chi connectivity index (χ0n) is 45.1. The Labute approximate surface area is 409 Å². The second kappa shape index (κ2) is 24.8. The third-order valence-corrected chi connectivity index (χ3v) is 18.1. The topological polar surface area (TPSA) is 132 Å². The summed E-state index contributed by atoms with van der Waals surface area (Å²) in [5.74, 6) is 1.11. The minimum Gasteiger partial charge on any atom is -0.478 e. The van der Waals surface area contributed by atoms with Gasteiger partial charge in [-0.3, -0.25) is 9.59 Å². The third-order valence-electron chi connectivity index (χ3n) is 18.1. The number of carbonyl (C=O) groups excluding carboxylic acids is 2. The van der Waals surface area contributed by atoms with Crippen molar-refractivity contribution in [3.8, 4) is 0 Å². The number of aliphatic carboxylic acids is 1. The maximum atomic E-state index is 12.6. The van der Waals surface area contributed by atoms with Crippen molar-refractivity contribution in [3.05, 3.63) is 69.9 Å². The van der Waals surface area contributed by atoms with E-state index in [9.17, 15) is 24.6 Å². The molecule has 0 bridgehead atoms. The Bertz CT molecular complexity index is 1880. The van der Waals surface area contributed by atoms with Crippen molar-refractivity contribution in [2.45, 2.75) is 237 Å². The van der Waals surface area contributed by atoms with Crippen molar-refractivity contribution >= 4 is 17.5 Å². The van der Waals surface area contributed by atoms with Gasteiger partial charge in [-0.15, -0.1) is 0 Å². The van der Waals surface area contributed by atoms with Gasteiger partial charge in [0.1, 0.15) is 11.6 Å². The number of carboxylic acid groups (broad SMARTS) is 1. The number of rotatable bonds is 20. The molecule has 8 atom stereocenters. The first-order valence-corrected chi connectivity index (χ1v) is 26.4. The van der Waals surface area contributed by atoms with Crippen LogP contribution in [-0.4, -0.2) is 55.8 Å². The molecular weight excluding hydrogens is 833 g/mol. The van der Waals surface area contributed by atoms with Crippen molar-refractivity contribution in [1.29, 1.82) is 0 Å². The Kier molecular flexibility index (Phi) is 21.6. The Hall–Kier alpha value is -2.87. The van der Waals surface area contributed by atoms with Crippen LogP contribution in [0.1, 0.15) is 225 Å². The predicted octanol–water partition coefficient (Wildman–Crippen LogP) is 14.8. The molecule has 4 aliphatic rings. The molecular formula is C60H98O7. The zero-order valence-corrected chi connectivity index (χ0v) is 45.1. The monoisotopic (exact) mass is 931 g/mol. The smallest absolute Gasteiger partial charge is 0.330 e. The van der Waals surface area contributed by atoms with E-state index in [0.717, 1.165) is 121 Å². The number of allylic oxidation sites excluding steroid dienone is 10. The molecule has 0 aromatic rings. The van der Waals surface area contributed by atoms with Crippen molar-refractivity contribution in [1.82, 2.24) is 0 Å². The van der Waals surface area contributed by atoms with E-state index < -0.39 is 17.2 Å². The van der Waals surface area contributed by atoms with Gasteiger partial charge in [0.25, 0.3) is 0 Å². The van der Waals surface area contributed by atoms with E-state index in [4.69, 9.17) is 10.2 Å². The summed E-state index contributed by atoms with van der Waals surface area (Å²) >= 11 is 0. The van der Waals surface area contributed by atoms with E-state index >= 15 is 0 Å². The number of carbonyl (C=O) groups is 3. The van der Waals surface area contributed by atoms with Gasteiger partial charge >= 0.3 is 5.97 Å². The van der Waals surface area contributed by atoms with Gasteiger partial charge in [-0.1, -0.05) is 106 Å². The number of aliphatic hydroxyl groups excluding tert-OH is 1. The summed E-state index contributed by atoms with van der Waals surface area (Å²) in [7, 11) is 0. The lowest BCUT2D eigenvalue weighted by atomic mass is 9.45. The highest BCUT2D eigenvalue weighted by atomic mass is 16.4. The molecule has 4 saturated carbocycles. The van der Waals surface area contributed by atoms with Crippen LogP contribution in [0.25, 0.3) is 0 Å². The van der Waals surface area contributed by atoms with Crippen LogP contribution in [0.2, 0.25) is 0 Å². The molecule has 0 aromatic heterocycles. The van der Waals surface area contributed by atoms with Crippen molar-refractivity contribution < 1.29 is 34.8 Å². The lowest BCUT2D eigenvalue weighted by molar-refractivity contribution is -0.177. The Morgan fingerprint density at radius 3 is 1.15 bits per heavy atom. The van der Waals surface area contributed by atoms with Crippen LogP contribution in [0.3, 0.4) is 0 Å². The van der Waals surface area contributed by atoms with Gasteiger partial charge < -0.3 is 20.4 Å². The quantitative estimate of drug-likeness (QED) is 0.0706. The van der Waals surface area contributed by atoms with Crippen LogP contribution >= 0.6 is 0 Å². The summed E-state index contributed by atoms with van der Waals surface area (Å²) in [6.45, 7) is 29.7. The van der Waals surface area contributed by atoms with E-state index in [1.807, 2.05) is 20.8 Å². The largest absolute Gasteiger partial charge is 0.478 e. The maximum absolute atomic E-state index is 12.6. The minimum absolute atomic E-state index is 0.00813. The first-order chi connectivity index (χ1) is 31.1. The van der Waals surface area contributed by atoms with Crippen LogP contribution in [0.5, 0.6) is 0 Å². The highest BCUT2D eigenvalue weighted by Gasteiger charge is 2.61. The van der Waals surface area contributed by atoms with Gasteiger partial charge in [0.15, 0.2) is 0 Å². The molecule has 4 fully saturated rings. The maximum Gasteiger partial charge on any atom is 0.330 e. The molecule has 380 valence electrons. The van der Waals surface area contributed by atoms with E-state index in [2.05, 4.69) is 99.6 Å². The number of fused-ring (bicyclic) bond motifs is 2. The number of hydrogen-bond donors (Lipinski definition) is 4. The van der Waals surface area contributed by atoms with E-state index in [1.54, 1.807) is 13.0 Å². The van der Waals surface area contributed by atoms with Gasteiger partial charge in [-0.2, -0.15) is 0 Å². The van der Waals surface area contributed by atoms with Crippen LogP contribution in [-0.2, 0) is 14.4 Å². The Morgan fingerprint density at radius 1 is 0.507 bits per heavy atom. The normalized spacial score (nSPS) is 32.9. The molecule has 0 radical (unpaired) electrons. The average Bonchev–Trinajstić information content (AvgIpc) is 3.23. The van der Waals surface area contributed by atoms with Crippen LogP contribution in [0, 0.1) is 45.3 Å². The number of aliphatic hydroxyl groups is 3.